The maximum atomic E-state index is 12.0. The van der Waals surface area contributed by atoms with E-state index in [1.807, 2.05) is 19.1 Å². The van der Waals surface area contributed by atoms with E-state index >= 15 is 0 Å². The van der Waals surface area contributed by atoms with Crippen molar-refractivity contribution in [3.8, 4) is 0 Å². The van der Waals surface area contributed by atoms with E-state index in [2.05, 4.69) is 20.4 Å². The van der Waals surface area contributed by atoms with E-state index in [9.17, 15) is 4.79 Å². The van der Waals surface area contributed by atoms with Crippen LogP contribution in [-0.4, -0.2) is 40.6 Å². The van der Waals surface area contributed by atoms with Crippen molar-refractivity contribution in [3.05, 3.63) is 35.9 Å². The number of likely N-dealkylation sites (tertiary alicyclic amines) is 1. The molecule has 0 saturated carbocycles. The van der Waals surface area contributed by atoms with E-state index in [4.69, 9.17) is 8.94 Å². The molecule has 1 unspecified atom stereocenters. The van der Waals surface area contributed by atoms with Crippen LogP contribution in [0.5, 0.6) is 0 Å². The number of rotatable bonds is 5. The van der Waals surface area contributed by atoms with Crippen molar-refractivity contribution in [3.63, 3.8) is 0 Å². The van der Waals surface area contributed by atoms with E-state index in [0.717, 1.165) is 31.7 Å². The summed E-state index contributed by atoms with van der Waals surface area (Å²) in [5.41, 5.74) is 0. The molecule has 0 aliphatic carbocycles. The van der Waals surface area contributed by atoms with Crippen molar-refractivity contribution >= 4 is 5.91 Å². The molecule has 2 aromatic rings. The van der Waals surface area contributed by atoms with Crippen molar-refractivity contribution < 1.29 is 13.7 Å². The third-order valence-corrected chi connectivity index (χ3v) is 3.81. The van der Waals surface area contributed by atoms with Crippen molar-refractivity contribution in [2.45, 2.75) is 32.2 Å². The molecule has 1 aliphatic rings. The molecule has 0 radical (unpaired) electrons. The lowest BCUT2D eigenvalue weighted by Crippen LogP contribution is -2.41. The smallest absolute Gasteiger partial charge is 0.234 e. The number of furan rings is 1. The normalized spacial score (nSPS) is 19.2. The van der Waals surface area contributed by atoms with Gasteiger partial charge in [-0.1, -0.05) is 5.16 Å². The van der Waals surface area contributed by atoms with Crippen molar-refractivity contribution in [1.82, 2.24) is 20.4 Å². The monoisotopic (exact) mass is 304 g/mol. The number of piperidine rings is 1. The summed E-state index contributed by atoms with van der Waals surface area (Å²) in [7, 11) is 0. The summed E-state index contributed by atoms with van der Waals surface area (Å²) in [4.78, 5) is 18.4. The Morgan fingerprint density at radius 2 is 2.45 bits per heavy atom. The van der Waals surface area contributed by atoms with E-state index in [-0.39, 0.29) is 11.8 Å². The molecular formula is C15H20N4O3. The van der Waals surface area contributed by atoms with Gasteiger partial charge in [-0.3, -0.25) is 9.69 Å². The van der Waals surface area contributed by atoms with Crippen LogP contribution in [-0.2, 0) is 11.3 Å². The summed E-state index contributed by atoms with van der Waals surface area (Å²) in [6.07, 6.45) is 3.65. The van der Waals surface area contributed by atoms with Gasteiger partial charge in [0.15, 0.2) is 5.82 Å². The SMILES string of the molecule is Cc1noc(C2CCCN(CC(=O)NCc3ccco3)C2)n1. The minimum absolute atomic E-state index is 0.00115. The summed E-state index contributed by atoms with van der Waals surface area (Å²) in [5.74, 6) is 2.30. The zero-order valence-electron chi connectivity index (χ0n) is 12.6. The minimum Gasteiger partial charge on any atom is -0.467 e. The molecule has 2 aromatic heterocycles. The Hall–Kier alpha value is -2.15. The Bertz CT molecular complexity index is 608. The first-order chi connectivity index (χ1) is 10.7. The molecule has 1 amide bonds. The van der Waals surface area contributed by atoms with E-state index < -0.39 is 0 Å². The average molecular weight is 304 g/mol. The Balaban J connectivity index is 1.48. The fourth-order valence-corrected chi connectivity index (χ4v) is 2.74. The summed E-state index contributed by atoms with van der Waals surface area (Å²) in [6.45, 7) is 4.31. The third-order valence-electron chi connectivity index (χ3n) is 3.81. The van der Waals surface area contributed by atoms with Gasteiger partial charge in [-0.05, 0) is 38.4 Å². The van der Waals surface area contributed by atoms with Gasteiger partial charge in [0.05, 0.1) is 25.3 Å². The molecule has 0 spiro atoms. The molecule has 3 heterocycles. The van der Waals surface area contributed by atoms with Crippen molar-refractivity contribution in [2.24, 2.45) is 0 Å². The molecule has 0 aromatic carbocycles. The summed E-state index contributed by atoms with van der Waals surface area (Å²) >= 11 is 0. The van der Waals surface area contributed by atoms with Crippen LogP contribution in [0.1, 0.15) is 36.2 Å². The topological polar surface area (TPSA) is 84.4 Å². The lowest BCUT2D eigenvalue weighted by Gasteiger charge is -2.30. The molecular weight excluding hydrogens is 284 g/mol. The summed E-state index contributed by atoms with van der Waals surface area (Å²) in [5, 5.41) is 6.71. The van der Waals surface area contributed by atoms with Crippen LogP contribution in [0.2, 0.25) is 0 Å². The van der Waals surface area contributed by atoms with Gasteiger partial charge in [0.1, 0.15) is 5.76 Å². The highest BCUT2D eigenvalue weighted by molar-refractivity contribution is 5.77. The highest BCUT2D eigenvalue weighted by atomic mass is 16.5. The number of carbonyl (C=O) groups is 1. The van der Waals surface area contributed by atoms with Gasteiger partial charge in [-0.25, -0.2) is 0 Å². The predicted octanol–water partition coefficient (Wildman–Crippen LogP) is 1.47. The lowest BCUT2D eigenvalue weighted by atomic mass is 9.98. The molecule has 1 atom stereocenters. The Labute approximate surface area is 128 Å². The quantitative estimate of drug-likeness (QED) is 0.900. The lowest BCUT2D eigenvalue weighted by molar-refractivity contribution is -0.122. The van der Waals surface area contributed by atoms with E-state index in [0.29, 0.717) is 24.8 Å². The largest absolute Gasteiger partial charge is 0.467 e. The fourth-order valence-electron chi connectivity index (χ4n) is 2.74. The van der Waals surface area contributed by atoms with Gasteiger partial charge in [0.25, 0.3) is 0 Å². The Kier molecular flexibility index (Phi) is 4.53. The van der Waals surface area contributed by atoms with Crippen LogP contribution in [0.3, 0.4) is 0 Å². The molecule has 1 N–H and O–H groups in total. The maximum Gasteiger partial charge on any atom is 0.234 e. The van der Waals surface area contributed by atoms with Crippen LogP contribution >= 0.6 is 0 Å². The van der Waals surface area contributed by atoms with Gasteiger partial charge in [0.2, 0.25) is 11.8 Å². The number of aromatic nitrogens is 2. The average Bonchev–Trinajstić information content (AvgIpc) is 3.17. The number of hydrogen-bond donors (Lipinski definition) is 1. The Morgan fingerprint density at radius 1 is 1.55 bits per heavy atom. The molecule has 22 heavy (non-hydrogen) atoms. The molecule has 118 valence electrons. The van der Waals surface area contributed by atoms with Crippen molar-refractivity contribution in [1.29, 1.82) is 0 Å². The van der Waals surface area contributed by atoms with Crippen LogP contribution in [0.25, 0.3) is 0 Å². The van der Waals surface area contributed by atoms with Gasteiger partial charge in [-0.15, -0.1) is 0 Å². The van der Waals surface area contributed by atoms with E-state index in [1.165, 1.54) is 0 Å². The number of aryl methyl sites for hydroxylation is 1. The van der Waals surface area contributed by atoms with Crippen LogP contribution < -0.4 is 5.32 Å². The van der Waals surface area contributed by atoms with Crippen LogP contribution in [0.15, 0.2) is 27.3 Å². The third kappa shape index (κ3) is 3.73. The summed E-state index contributed by atoms with van der Waals surface area (Å²) in [6, 6.07) is 3.65. The minimum atomic E-state index is -0.00115. The first-order valence-corrected chi connectivity index (χ1v) is 7.52. The highest BCUT2D eigenvalue weighted by Gasteiger charge is 2.26. The first-order valence-electron chi connectivity index (χ1n) is 7.52. The highest BCUT2D eigenvalue weighted by Crippen LogP contribution is 2.25. The van der Waals surface area contributed by atoms with Gasteiger partial charge < -0.3 is 14.3 Å². The number of nitrogens with zero attached hydrogens (tertiary/aromatic N) is 3. The second kappa shape index (κ2) is 6.74. The molecule has 7 nitrogen and oxygen atoms in total. The maximum absolute atomic E-state index is 12.0. The van der Waals surface area contributed by atoms with Gasteiger partial charge in [-0.2, -0.15) is 4.98 Å². The second-order valence-electron chi connectivity index (χ2n) is 5.61. The van der Waals surface area contributed by atoms with Crippen LogP contribution in [0, 0.1) is 6.92 Å². The van der Waals surface area contributed by atoms with Gasteiger partial charge in [0, 0.05) is 6.54 Å². The zero-order chi connectivity index (χ0) is 15.4. The number of amides is 1. The standard InChI is InChI=1S/C15H20N4O3/c1-11-17-15(22-18-11)12-4-2-6-19(9-12)10-14(20)16-8-13-5-3-7-21-13/h3,5,7,12H,2,4,6,8-10H2,1H3,(H,16,20). The molecule has 1 saturated heterocycles. The molecule has 3 rings (SSSR count). The zero-order valence-corrected chi connectivity index (χ0v) is 12.6. The molecule has 7 heteroatoms. The number of nitrogens with one attached hydrogen (secondary N) is 1. The number of hydrogen-bond acceptors (Lipinski definition) is 6. The predicted molar refractivity (Wildman–Crippen MR) is 78.0 cm³/mol. The molecule has 0 bridgehead atoms. The summed E-state index contributed by atoms with van der Waals surface area (Å²) < 4.78 is 10.4. The van der Waals surface area contributed by atoms with Gasteiger partial charge >= 0.3 is 0 Å². The molecule has 1 fully saturated rings. The van der Waals surface area contributed by atoms with E-state index in [1.54, 1.807) is 6.26 Å². The first kappa shape index (κ1) is 14.8. The van der Waals surface area contributed by atoms with Crippen molar-refractivity contribution in [2.75, 3.05) is 19.6 Å². The second-order valence-corrected chi connectivity index (χ2v) is 5.61. The van der Waals surface area contributed by atoms with Crippen LogP contribution in [0.4, 0.5) is 0 Å². The fraction of sp³-hybridized carbons (Fsp3) is 0.533. The number of carbonyl (C=O) groups excluding carboxylic acids is 1. The molecule has 1 aliphatic heterocycles. The Morgan fingerprint density at radius 3 is 3.18 bits per heavy atom.